The van der Waals surface area contributed by atoms with Crippen molar-refractivity contribution in [3.63, 3.8) is 0 Å². The number of nitrogens with one attached hydrogen (secondary N) is 1. The molecule has 0 bridgehead atoms. The van der Waals surface area contributed by atoms with Crippen LogP contribution in [0.3, 0.4) is 0 Å². The van der Waals surface area contributed by atoms with Crippen LogP contribution < -0.4 is 10.1 Å². The Hall–Kier alpha value is -2.86. The molecule has 0 aliphatic heterocycles. The molecule has 0 fully saturated rings. The number of benzene rings is 3. The third-order valence-corrected chi connectivity index (χ3v) is 3.91. The van der Waals surface area contributed by atoms with E-state index in [4.69, 9.17) is 4.74 Å². The van der Waals surface area contributed by atoms with E-state index in [9.17, 15) is 17.6 Å². The predicted molar refractivity (Wildman–Crippen MR) is 94.9 cm³/mol. The Morgan fingerprint density at radius 1 is 0.667 bits per heavy atom. The first-order valence-electron chi connectivity index (χ1n) is 8.29. The van der Waals surface area contributed by atoms with Crippen molar-refractivity contribution in [1.29, 1.82) is 0 Å². The van der Waals surface area contributed by atoms with Crippen LogP contribution in [0.15, 0.2) is 72.8 Å². The Morgan fingerprint density at radius 2 is 1.11 bits per heavy atom. The van der Waals surface area contributed by atoms with Crippen LogP contribution in [0.4, 0.5) is 17.6 Å². The molecular formula is C21H17F4NO. The molecule has 27 heavy (non-hydrogen) atoms. The highest BCUT2D eigenvalue weighted by Crippen LogP contribution is 2.31. The van der Waals surface area contributed by atoms with Gasteiger partial charge in [-0.05, 0) is 59.7 Å². The molecule has 0 saturated heterocycles. The second-order valence-corrected chi connectivity index (χ2v) is 6.00. The third-order valence-electron chi connectivity index (χ3n) is 3.91. The smallest absolute Gasteiger partial charge is 0.416 e. The second kappa shape index (κ2) is 8.22. The molecule has 2 nitrogen and oxygen atoms in total. The maximum Gasteiger partial charge on any atom is 0.416 e. The Labute approximate surface area is 154 Å². The van der Waals surface area contributed by atoms with E-state index in [0.29, 0.717) is 24.6 Å². The summed E-state index contributed by atoms with van der Waals surface area (Å²) in [5.41, 5.74) is 1.30. The average molecular weight is 375 g/mol. The predicted octanol–water partition coefficient (Wildman–Crippen LogP) is 5.93. The maximum atomic E-state index is 12.9. The molecule has 0 aliphatic carbocycles. The molecule has 0 aliphatic rings. The van der Waals surface area contributed by atoms with Crippen molar-refractivity contribution in [1.82, 2.24) is 5.32 Å². The molecule has 0 aromatic heterocycles. The van der Waals surface area contributed by atoms with Gasteiger partial charge in [0.15, 0.2) is 0 Å². The first-order chi connectivity index (χ1) is 12.9. The molecular weight excluding hydrogens is 358 g/mol. The lowest BCUT2D eigenvalue weighted by atomic mass is 10.2. The summed E-state index contributed by atoms with van der Waals surface area (Å²) in [7, 11) is 0. The van der Waals surface area contributed by atoms with E-state index in [1.54, 1.807) is 24.3 Å². The van der Waals surface area contributed by atoms with E-state index in [0.717, 1.165) is 23.3 Å². The van der Waals surface area contributed by atoms with E-state index in [2.05, 4.69) is 5.32 Å². The van der Waals surface area contributed by atoms with Crippen molar-refractivity contribution < 1.29 is 22.3 Å². The summed E-state index contributed by atoms with van der Waals surface area (Å²) in [6.45, 7) is 1.24. The van der Waals surface area contributed by atoms with Crippen molar-refractivity contribution in [3.8, 4) is 11.5 Å². The van der Waals surface area contributed by atoms with E-state index in [1.165, 1.54) is 24.3 Å². The highest BCUT2D eigenvalue weighted by atomic mass is 19.4. The van der Waals surface area contributed by atoms with Gasteiger partial charge in [0.1, 0.15) is 17.3 Å². The minimum absolute atomic E-state index is 0.262. The normalized spacial score (nSPS) is 11.4. The molecule has 3 aromatic carbocycles. The van der Waals surface area contributed by atoms with Gasteiger partial charge in [0.2, 0.25) is 0 Å². The van der Waals surface area contributed by atoms with Crippen molar-refractivity contribution in [2.24, 2.45) is 0 Å². The topological polar surface area (TPSA) is 21.3 Å². The van der Waals surface area contributed by atoms with Crippen LogP contribution in [0.25, 0.3) is 0 Å². The van der Waals surface area contributed by atoms with Crippen LogP contribution in [-0.2, 0) is 19.3 Å². The lowest BCUT2D eigenvalue weighted by molar-refractivity contribution is -0.137. The van der Waals surface area contributed by atoms with Gasteiger partial charge < -0.3 is 10.1 Å². The molecule has 0 unspecified atom stereocenters. The summed E-state index contributed by atoms with van der Waals surface area (Å²) in [5, 5.41) is 3.26. The molecule has 3 rings (SSSR count). The SMILES string of the molecule is Fc1ccc(CNCc2ccc(Oc3ccc(C(F)(F)F)cc3)cc2)cc1. The monoisotopic (exact) mass is 375 g/mol. The summed E-state index contributed by atoms with van der Waals surface area (Å²) >= 11 is 0. The molecule has 1 N–H and O–H groups in total. The van der Waals surface area contributed by atoms with Gasteiger partial charge in [0.05, 0.1) is 5.56 Å². The zero-order valence-electron chi connectivity index (χ0n) is 14.3. The largest absolute Gasteiger partial charge is 0.457 e. The lowest BCUT2D eigenvalue weighted by Crippen LogP contribution is -2.12. The van der Waals surface area contributed by atoms with E-state index >= 15 is 0 Å². The number of alkyl halides is 3. The summed E-state index contributed by atoms with van der Waals surface area (Å²) < 4.78 is 56.1. The number of halogens is 4. The Bertz CT molecular complexity index is 857. The fourth-order valence-corrected chi connectivity index (χ4v) is 2.48. The molecule has 140 valence electrons. The highest BCUT2D eigenvalue weighted by Gasteiger charge is 2.30. The molecule has 0 heterocycles. The minimum Gasteiger partial charge on any atom is -0.457 e. The van der Waals surface area contributed by atoms with Gasteiger partial charge >= 0.3 is 6.18 Å². The second-order valence-electron chi connectivity index (χ2n) is 6.00. The van der Waals surface area contributed by atoms with Crippen LogP contribution in [0.1, 0.15) is 16.7 Å². The molecule has 0 radical (unpaired) electrons. The van der Waals surface area contributed by atoms with Crippen molar-refractivity contribution in [2.45, 2.75) is 19.3 Å². The van der Waals surface area contributed by atoms with E-state index in [-0.39, 0.29) is 5.82 Å². The third kappa shape index (κ3) is 5.56. The molecule has 0 atom stereocenters. The van der Waals surface area contributed by atoms with E-state index < -0.39 is 11.7 Å². The Kier molecular flexibility index (Phi) is 5.76. The first-order valence-corrected chi connectivity index (χ1v) is 8.29. The van der Waals surface area contributed by atoms with Crippen LogP contribution in [-0.4, -0.2) is 0 Å². The van der Waals surface area contributed by atoms with Gasteiger partial charge in [0, 0.05) is 13.1 Å². The standard InChI is InChI=1S/C21H17F4NO/c22-18-7-1-15(2-8-18)13-26-14-16-3-9-19(10-4-16)27-20-11-5-17(6-12-20)21(23,24)25/h1-12,26H,13-14H2. The maximum absolute atomic E-state index is 12.9. The molecule has 0 spiro atoms. The van der Waals surface area contributed by atoms with E-state index in [1.807, 2.05) is 12.1 Å². The van der Waals surface area contributed by atoms with Crippen molar-refractivity contribution in [3.05, 3.63) is 95.3 Å². The summed E-state index contributed by atoms with van der Waals surface area (Å²) in [6.07, 6.45) is -4.36. The van der Waals surface area contributed by atoms with Gasteiger partial charge in [-0.2, -0.15) is 13.2 Å². The number of rotatable bonds is 6. The van der Waals surface area contributed by atoms with Gasteiger partial charge in [0.25, 0.3) is 0 Å². The van der Waals surface area contributed by atoms with Crippen LogP contribution >= 0.6 is 0 Å². The van der Waals surface area contributed by atoms with Crippen LogP contribution in [0.5, 0.6) is 11.5 Å². The average Bonchev–Trinajstić information content (AvgIpc) is 2.64. The van der Waals surface area contributed by atoms with Crippen molar-refractivity contribution in [2.75, 3.05) is 0 Å². The van der Waals surface area contributed by atoms with Gasteiger partial charge in [-0.25, -0.2) is 4.39 Å². The highest BCUT2D eigenvalue weighted by molar-refractivity contribution is 5.35. The number of ether oxygens (including phenoxy) is 1. The van der Waals surface area contributed by atoms with Crippen molar-refractivity contribution >= 4 is 0 Å². The molecule has 0 saturated carbocycles. The quantitative estimate of drug-likeness (QED) is 0.540. The molecule has 3 aromatic rings. The summed E-state index contributed by atoms with van der Waals surface area (Å²) in [6, 6.07) is 18.1. The first kappa shape index (κ1) is 18.9. The fourth-order valence-electron chi connectivity index (χ4n) is 2.48. The zero-order valence-corrected chi connectivity index (χ0v) is 14.3. The van der Waals surface area contributed by atoms with Gasteiger partial charge in [-0.15, -0.1) is 0 Å². The molecule has 0 amide bonds. The van der Waals surface area contributed by atoms with Crippen LogP contribution in [0, 0.1) is 5.82 Å². The Morgan fingerprint density at radius 3 is 1.59 bits per heavy atom. The van der Waals surface area contributed by atoms with Gasteiger partial charge in [-0.1, -0.05) is 24.3 Å². The zero-order chi connectivity index (χ0) is 19.3. The number of hydrogen-bond donors (Lipinski definition) is 1. The fraction of sp³-hybridized carbons (Fsp3) is 0.143. The van der Waals surface area contributed by atoms with Gasteiger partial charge in [-0.3, -0.25) is 0 Å². The minimum atomic E-state index is -4.36. The molecule has 6 heteroatoms. The summed E-state index contributed by atoms with van der Waals surface area (Å²) in [4.78, 5) is 0. The summed E-state index contributed by atoms with van der Waals surface area (Å²) in [5.74, 6) is 0.615. The van der Waals surface area contributed by atoms with Crippen LogP contribution in [0.2, 0.25) is 0 Å². The number of hydrogen-bond acceptors (Lipinski definition) is 2. The lowest BCUT2D eigenvalue weighted by Gasteiger charge is -2.10. The Balaban J connectivity index is 1.51.